The van der Waals surface area contributed by atoms with E-state index in [0.717, 1.165) is 44.1 Å². The summed E-state index contributed by atoms with van der Waals surface area (Å²) in [6.07, 6.45) is 7.32. The molecule has 0 saturated heterocycles. The zero-order chi connectivity index (χ0) is 30.8. The van der Waals surface area contributed by atoms with Gasteiger partial charge in [0.1, 0.15) is 17.3 Å². The van der Waals surface area contributed by atoms with Gasteiger partial charge in [0.05, 0.1) is 32.3 Å². The minimum absolute atomic E-state index is 0.0420. The molecule has 2 aliphatic carbocycles. The number of aliphatic hydroxyl groups is 2. The van der Waals surface area contributed by atoms with Crippen molar-refractivity contribution >= 4 is 22.8 Å². The van der Waals surface area contributed by atoms with E-state index in [4.69, 9.17) is 13.9 Å². The first-order chi connectivity index (χ1) is 21.4. The molecule has 3 aliphatic rings. The van der Waals surface area contributed by atoms with Crippen LogP contribution < -0.4 is 20.4 Å². The van der Waals surface area contributed by atoms with Crippen LogP contribution in [0.3, 0.4) is 0 Å². The summed E-state index contributed by atoms with van der Waals surface area (Å²) >= 11 is 0. The number of nitrogens with one attached hydrogen (secondary N) is 1. The van der Waals surface area contributed by atoms with Gasteiger partial charge in [-0.15, -0.1) is 0 Å². The highest BCUT2D eigenvalue weighted by atomic mass is 16.5. The molecule has 0 radical (unpaired) electrons. The van der Waals surface area contributed by atoms with E-state index in [1.54, 1.807) is 35.2 Å². The molecule has 44 heavy (non-hydrogen) atoms. The number of fused-ring (bicyclic) bond motifs is 4. The minimum Gasteiger partial charge on any atom is -0.493 e. The molecule has 0 bridgehead atoms. The summed E-state index contributed by atoms with van der Waals surface area (Å²) in [5, 5.41) is 22.8. The van der Waals surface area contributed by atoms with Crippen molar-refractivity contribution in [3.8, 4) is 11.5 Å². The Balaban J connectivity index is 1.46. The largest absolute Gasteiger partial charge is 0.493 e. The second-order valence-electron chi connectivity index (χ2n) is 11.8. The van der Waals surface area contributed by atoms with Crippen molar-refractivity contribution in [2.75, 3.05) is 20.3 Å². The number of methoxy groups -OCH3 is 1. The Morgan fingerprint density at radius 1 is 1.07 bits per heavy atom. The Morgan fingerprint density at radius 2 is 1.84 bits per heavy atom. The second kappa shape index (κ2) is 12.8. The van der Waals surface area contributed by atoms with E-state index in [9.17, 15) is 24.6 Å². The molecule has 1 saturated carbocycles. The van der Waals surface area contributed by atoms with Gasteiger partial charge < -0.3 is 34.3 Å². The van der Waals surface area contributed by atoms with Crippen molar-refractivity contribution < 1.29 is 33.7 Å². The number of carbonyl (C=O) groups excluding carboxylic acids is 2. The molecule has 3 aromatic rings. The molecule has 10 heteroatoms. The summed E-state index contributed by atoms with van der Waals surface area (Å²) in [7, 11) is 1.53. The lowest BCUT2D eigenvalue weighted by molar-refractivity contribution is -0.118. The number of amides is 2. The molecular weight excluding hydrogens is 564 g/mol. The third kappa shape index (κ3) is 5.59. The fraction of sp³-hybridized carbons (Fsp3) is 0.441. The van der Waals surface area contributed by atoms with Crippen molar-refractivity contribution in [3.63, 3.8) is 0 Å². The molecule has 1 aliphatic heterocycles. The van der Waals surface area contributed by atoms with Crippen LogP contribution in [0.15, 0.2) is 63.3 Å². The van der Waals surface area contributed by atoms with Crippen molar-refractivity contribution in [2.45, 2.75) is 75.7 Å². The van der Waals surface area contributed by atoms with E-state index in [0.29, 0.717) is 40.0 Å². The molecule has 0 spiro atoms. The Kier molecular flexibility index (Phi) is 8.72. The average molecular weight is 603 g/mol. The number of rotatable bonds is 8. The lowest BCUT2D eigenvalue weighted by Gasteiger charge is -2.41. The van der Waals surface area contributed by atoms with E-state index < -0.39 is 29.6 Å². The van der Waals surface area contributed by atoms with Crippen molar-refractivity contribution in [1.82, 2.24) is 10.2 Å². The average Bonchev–Trinajstić information content (AvgIpc) is 3.20. The summed E-state index contributed by atoms with van der Waals surface area (Å²) in [6.45, 7) is -0.371. The predicted octanol–water partition coefficient (Wildman–Crippen LogP) is 3.81. The lowest BCUT2D eigenvalue weighted by atomic mass is 9.78. The first-order valence-corrected chi connectivity index (χ1v) is 15.4. The summed E-state index contributed by atoms with van der Waals surface area (Å²) in [4.78, 5) is 43.1. The topological polar surface area (TPSA) is 139 Å². The molecule has 6 rings (SSSR count). The Bertz CT molecular complexity index is 1640. The van der Waals surface area contributed by atoms with E-state index >= 15 is 0 Å². The molecule has 1 fully saturated rings. The Labute approximate surface area is 255 Å². The molecule has 1 aromatic heterocycles. The maximum atomic E-state index is 14.5. The third-order valence-corrected chi connectivity index (χ3v) is 9.04. The smallest absolute Gasteiger partial charge is 0.349 e. The maximum Gasteiger partial charge on any atom is 0.349 e. The molecule has 10 nitrogen and oxygen atoms in total. The van der Waals surface area contributed by atoms with Crippen LogP contribution in [0.2, 0.25) is 0 Å². The van der Waals surface area contributed by atoms with Gasteiger partial charge in [0.25, 0.3) is 5.91 Å². The van der Waals surface area contributed by atoms with Crippen molar-refractivity contribution in [3.05, 3.63) is 81.2 Å². The van der Waals surface area contributed by atoms with Gasteiger partial charge >= 0.3 is 5.63 Å². The number of aliphatic hydroxyl groups excluding tert-OH is 2. The third-order valence-electron chi connectivity index (χ3n) is 9.04. The van der Waals surface area contributed by atoms with Crippen molar-refractivity contribution in [1.29, 1.82) is 0 Å². The maximum absolute atomic E-state index is 14.5. The summed E-state index contributed by atoms with van der Waals surface area (Å²) in [5.74, 6) is -0.317. The fourth-order valence-electron chi connectivity index (χ4n) is 7.03. The van der Waals surface area contributed by atoms with Crippen LogP contribution in [0, 0.1) is 0 Å². The number of hydrogen-bond acceptors (Lipinski definition) is 8. The highest BCUT2D eigenvalue weighted by Crippen LogP contribution is 2.51. The van der Waals surface area contributed by atoms with E-state index in [1.165, 1.54) is 7.11 Å². The zero-order valence-corrected chi connectivity index (χ0v) is 24.8. The van der Waals surface area contributed by atoms with Gasteiger partial charge in [-0.05, 0) is 42.7 Å². The molecule has 3 N–H and O–H groups in total. The number of ether oxygens (including phenoxy) is 2. The van der Waals surface area contributed by atoms with Crippen LogP contribution in [-0.2, 0) is 11.4 Å². The van der Waals surface area contributed by atoms with E-state index in [2.05, 4.69) is 5.32 Å². The minimum atomic E-state index is -0.698. The van der Waals surface area contributed by atoms with Gasteiger partial charge in [0.2, 0.25) is 5.91 Å². The van der Waals surface area contributed by atoms with Gasteiger partial charge in [-0.3, -0.25) is 9.59 Å². The molecule has 3 atom stereocenters. The monoisotopic (exact) mass is 602 g/mol. The first-order valence-electron chi connectivity index (χ1n) is 15.4. The Hall–Kier alpha value is -4.15. The number of nitrogens with zero attached hydrogens (tertiary/aromatic N) is 1. The van der Waals surface area contributed by atoms with Gasteiger partial charge in [-0.1, -0.05) is 50.0 Å². The fourth-order valence-corrected chi connectivity index (χ4v) is 7.03. The van der Waals surface area contributed by atoms with Gasteiger partial charge in [0.15, 0.2) is 11.5 Å². The van der Waals surface area contributed by atoms with Crippen LogP contribution in [0.4, 0.5) is 0 Å². The summed E-state index contributed by atoms with van der Waals surface area (Å²) in [5.41, 5.74) is 1.43. The van der Waals surface area contributed by atoms with Crippen molar-refractivity contribution in [2.24, 2.45) is 0 Å². The first kappa shape index (κ1) is 29.9. The quantitative estimate of drug-likeness (QED) is 0.261. The standard InChI is InChI=1S/C34H38N2O8/c1-42-29-15-20(19-38)14-24-30-25(32(39)35-12-13-37)17-23(18-28(30)43-31(24)29)36(22-9-4-2-3-5-10-22)33(40)26-16-21-8-6-7-11-27(21)44-34(26)41/h6-8,11,14-17,22-23,28,30,37-38H,2-5,9-10,12-13,18-19H2,1H3,(H,35,39). The summed E-state index contributed by atoms with van der Waals surface area (Å²) in [6, 6.07) is 11.5. The molecule has 2 heterocycles. The summed E-state index contributed by atoms with van der Waals surface area (Å²) < 4.78 is 17.6. The SMILES string of the molecule is COc1cc(CO)cc2c1OC1CC(N(C(=O)c3cc4ccccc4oc3=O)C3CCCCCC3)C=C(C(=O)NCCO)C21. The molecular formula is C34H38N2O8. The highest BCUT2D eigenvalue weighted by Gasteiger charge is 2.47. The second-order valence-corrected chi connectivity index (χ2v) is 11.8. The van der Waals surface area contributed by atoms with Crippen LogP contribution >= 0.6 is 0 Å². The van der Waals surface area contributed by atoms with Crippen LogP contribution in [-0.4, -0.2) is 65.4 Å². The number of benzene rings is 2. The highest BCUT2D eigenvalue weighted by molar-refractivity contribution is 5.98. The van der Waals surface area contributed by atoms with Crippen LogP contribution in [0.5, 0.6) is 11.5 Å². The molecule has 2 amide bonds. The van der Waals surface area contributed by atoms with E-state index in [-0.39, 0.29) is 37.3 Å². The number of para-hydroxylation sites is 1. The predicted molar refractivity (Wildman–Crippen MR) is 163 cm³/mol. The van der Waals surface area contributed by atoms with Crippen LogP contribution in [0.25, 0.3) is 11.0 Å². The molecule has 2 aromatic carbocycles. The van der Waals surface area contributed by atoms with Gasteiger partial charge in [0, 0.05) is 35.5 Å². The molecule has 3 unspecified atom stereocenters. The normalized spacial score (nSPS) is 21.4. The Morgan fingerprint density at radius 3 is 2.57 bits per heavy atom. The zero-order valence-electron chi connectivity index (χ0n) is 24.8. The van der Waals surface area contributed by atoms with Gasteiger partial charge in [-0.2, -0.15) is 0 Å². The van der Waals surface area contributed by atoms with Crippen LogP contribution in [0.1, 0.15) is 72.3 Å². The number of hydrogen-bond donors (Lipinski definition) is 3. The lowest BCUT2D eigenvalue weighted by Crippen LogP contribution is -2.51. The van der Waals surface area contributed by atoms with E-state index in [1.807, 2.05) is 18.2 Å². The van der Waals surface area contributed by atoms with Gasteiger partial charge in [-0.25, -0.2) is 4.79 Å². The molecule has 232 valence electrons. The number of carbonyl (C=O) groups is 2.